The van der Waals surface area contributed by atoms with Crippen molar-refractivity contribution in [3.05, 3.63) is 23.8 Å². The maximum atomic E-state index is 9.36. The molecule has 1 aromatic heterocycles. The van der Waals surface area contributed by atoms with Crippen LogP contribution in [0.2, 0.25) is 0 Å². The number of nitrogens with zero attached hydrogens (tertiary/aromatic N) is 2. The Morgan fingerprint density at radius 3 is 2.38 bits per heavy atom. The number of aliphatic hydroxyl groups excluding tert-OH is 1. The quantitative estimate of drug-likeness (QED) is 0.854. The molecule has 1 atom stereocenters. The number of aliphatic hydroxyl groups is 1. The highest BCUT2D eigenvalue weighted by Gasteiger charge is 2.21. The SMILES string of the molecule is CC(C)C(CO)c1nccc(C(C)(C)C)n1. The Bertz CT molecular complexity index is 342. The molecule has 1 rings (SSSR count). The van der Waals surface area contributed by atoms with E-state index in [1.807, 2.05) is 6.07 Å². The van der Waals surface area contributed by atoms with Crippen molar-refractivity contribution in [1.82, 2.24) is 9.97 Å². The summed E-state index contributed by atoms with van der Waals surface area (Å²) in [7, 11) is 0. The largest absolute Gasteiger partial charge is 0.396 e. The highest BCUT2D eigenvalue weighted by molar-refractivity contribution is 5.14. The summed E-state index contributed by atoms with van der Waals surface area (Å²) < 4.78 is 0. The third-order valence-corrected chi connectivity index (χ3v) is 2.78. The van der Waals surface area contributed by atoms with Crippen molar-refractivity contribution in [2.75, 3.05) is 6.61 Å². The van der Waals surface area contributed by atoms with Gasteiger partial charge in [-0.3, -0.25) is 0 Å². The Kier molecular flexibility index (Phi) is 4.03. The van der Waals surface area contributed by atoms with Crippen LogP contribution in [0.15, 0.2) is 12.3 Å². The van der Waals surface area contributed by atoms with Gasteiger partial charge < -0.3 is 5.11 Å². The molecule has 90 valence electrons. The van der Waals surface area contributed by atoms with E-state index in [1.54, 1.807) is 6.20 Å². The van der Waals surface area contributed by atoms with Crippen molar-refractivity contribution < 1.29 is 5.11 Å². The molecule has 16 heavy (non-hydrogen) atoms. The van der Waals surface area contributed by atoms with Crippen LogP contribution < -0.4 is 0 Å². The summed E-state index contributed by atoms with van der Waals surface area (Å²) in [5.41, 5.74) is 1.05. The van der Waals surface area contributed by atoms with Gasteiger partial charge in [0.1, 0.15) is 5.82 Å². The van der Waals surface area contributed by atoms with Crippen LogP contribution in [0.5, 0.6) is 0 Å². The lowest BCUT2D eigenvalue weighted by molar-refractivity contribution is 0.231. The molecule has 0 spiro atoms. The molecule has 0 aromatic carbocycles. The molecule has 0 amide bonds. The fourth-order valence-electron chi connectivity index (χ4n) is 1.56. The molecule has 1 aromatic rings. The second kappa shape index (κ2) is 4.91. The molecule has 0 aliphatic rings. The van der Waals surface area contributed by atoms with E-state index in [-0.39, 0.29) is 17.9 Å². The first-order chi connectivity index (χ1) is 7.36. The van der Waals surface area contributed by atoms with Crippen LogP contribution in [0, 0.1) is 5.92 Å². The Labute approximate surface area is 97.9 Å². The summed E-state index contributed by atoms with van der Waals surface area (Å²) >= 11 is 0. The lowest BCUT2D eigenvalue weighted by atomic mass is 9.91. The summed E-state index contributed by atoms with van der Waals surface area (Å²) in [6, 6.07) is 1.94. The highest BCUT2D eigenvalue weighted by Crippen LogP contribution is 2.24. The molecule has 0 fully saturated rings. The zero-order valence-electron chi connectivity index (χ0n) is 10.9. The first-order valence-electron chi connectivity index (χ1n) is 5.80. The Balaban J connectivity index is 3.07. The zero-order valence-corrected chi connectivity index (χ0v) is 10.9. The molecule has 0 saturated heterocycles. The predicted molar refractivity (Wildman–Crippen MR) is 65.4 cm³/mol. The molecule has 1 unspecified atom stereocenters. The van der Waals surface area contributed by atoms with Gasteiger partial charge in [-0.2, -0.15) is 0 Å². The lowest BCUT2D eigenvalue weighted by Crippen LogP contribution is -2.19. The van der Waals surface area contributed by atoms with E-state index in [4.69, 9.17) is 0 Å². The van der Waals surface area contributed by atoms with Crippen LogP contribution in [-0.2, 0) is 5.41 Å². The van der Waals surface area contributed by atoms with Crippen LogP contribution in [0.1, 0.15) is 52.1 Å². The van der Waals surface area contributed by atoms with Gasteiger partial charge in [-0.15, -0.1) is 0 Å². The molecule has 0 saturated carbocycles. The molecular formula is C13H22N2O. The second-order valence-electron chi connectivity index (χ2n) is 5.58. The van der Waals surface area contributed by atoms with Crippen LogP contribution in [0.25, 0.3) is 0 Å². The smallest absolute Gasteiger partial charge is 0.134 e. The lowest BCUT2D eigenvalue weighted by Gasteiger charge is -2.21. The van der Waals surface area contributed by atoms with Gasteiger partial charge >= 0.3 is 0 Å². The molecule has 3 nitrogen and oxygen atoms in total. The summed E-state index contributed by atoms with van der Waals surface area (Å²) in [4.78, 5) is 8.84. The monoisotopic (exact) mass is 222 g/mol. The Hall–Kier alpha value is -0.960. The van der Waals surface area contributed by atoms with Gasteiger partial charge in [0.2, 0.25) is 0 Å². The van der Waals surface area contributed by atoms with E-state index < -0.39 is 0 Å². The first-order valence-corrected chi connectivity index (χ1v) is 5.80. The topological polar surface area (TPSA) is 46.0 Å². The molecule has 1 heterocycles. The third kappa shape index (κ3) is 3.01. The van der Waals surface area contributed by atoms with E-state index >= 15 is 0 Å². The molecule has 3 heteroatoms. The number of rotatable bonds is 3. The van der Waals surface area contributed by atoms with Gasteiger partial charge in [0.15, 0.2) is 0 Å². The summed E-state index contributed by atoms with van der Waals surface area (Å²) in [6.45, 7) is 10.6. The van der Waals surface area contributed by atoms with Gasteiger partial charge in [0.05, 0.1) is 6.61 Å². The zero-order chi connectivity index (χ0) is 12.3. The maximum absolute atomic E-state index is 9.36. The van der Waals surface area contributed by atoms with Crippen LogP contribution >= 0.6 is 0 Å². The van der Waals surface area contributed by atoms with E-state index in [2.05, 4.69) is 44.6 Å². The fourth-order valence-corrected chi connectivity index (χ4v) is 1.56. The Morgan fingerprint density at radius 1 is 1.31 bits per heavy atom. The van der Waals surface area contributed by atoms with Gasteiger partial charge in [0, 0.05) is 23.2 Å². The number of aromatic nitrogens is 2. The minimum atomic E-state index is 0.0225. The summed E-state index contributed by atoms with van der Waals surface area (Å²) in [6.07, 6.45) is 1.79. The van der Waals surface area contributed by atoms with Gasteiger partial charge in [0.25, 0.3) is 0 Å². The van der Waals surface area contributed by atoms with E-state index in [9.17, 15) is 5.11 Å². The van der Waals surface area contributed by atoms with Crippen molar-refractivity contribution in [3.63, 3.8) is 0 Å². The van der Waals surface area contributed by atoms with Crippen LogP contribution in [0.3, 0.4) is 0 Å². The maximum Gasteiger partial charge on any atom is 0.134 e. The van der Waals surface area contributed by atoms with Gasteiger partial charge in [-0.05, 0) is 12.0 Å². The molecule has 0 aliphatic carbocycles. The van der Waals surface area contributed by atoms with Crippen molar-refractivity contribution in [3.8, 4) is 0 Å². The van der Waals surface area contributed by atoms with Gasteiger partial charge in [-0.25, -0.2) is 9.97 Å². The van der Waals surface area contributed by atoms with Crippen LogP contribution in [-0.4, -0.2) is 21.7 Å². The molecule has 0 radical (unpaired) electrons. The number of hydrogen-bond donors (Lipinski definition) is 1. The minimum absolute atomic E-state index is 0.0225. The molecular weight excluding hydrogens is 200 g/mol. The molecule has 0 aliphatic heterocycles. The van der Waals surface area contributed by atoms with Crippen LogP contribution in [0.4, 0.5) is 0 Å². The van der Waals surface area contributed by atoms with Crippen molar-refractivity contribution in [2.24, 2.45) is 5.92 Å². The second-order valence-corrected chi connectivity index (χ2v) is 5.58. The van der Waals surface area contributed by atoms with Gasteiger partial charge in [-0.1, -0.05) is 34.6 Å². The average molecular weight is 222 g/mol. The molecule has 0 bridgehead atoms. The van der Waals surface area contributed by atoms with E-state index in [1.165, 1.54) is 0 Å². The minimum Gasteiger partial charge on any atom is -0.396 e. The number of hydrogen-bond acceptors (Lipinski definition) is 3. The average Bonchev–Trinajstić information content (AvgIpc) is 2.17. The fraction of sp³-hybridized carbons (Fsp3) is 0.692. The van der Waals surface area contributed by atoms with Crippen molar-refractivity contribution in [2.45, 2.75) is 46.0 Å². The normalized spacial score (nSPS) is 14.2. The van der Waals surface area contributed by atoms with E-state index in [0.717, 1.165) is 11.5 Å². The highest BCUT2D eigenvalue weighted by atomic mass is 16.3. The Morgan fingerprint density at radius 2 is 1.94 bits per heavy atom. The molecule has 1 N–H and O–H groups in total. The summed E-state index contributed by atoms with van der Waals surface area (Å²) in [5.74, 6) is 1.13. The third-order valence-electron chi connectivity index (χ3n) is 2.78. The standard InChI is InChI=1S/C13H22N2O/c1-9(2)10(8-16)12-14-7-6-11(15-12)13(3,4)5/h6-7,9-10,16H,8H2,1-5H3. The van der Waals surface area contributed by atoms with Crippen molar-refractivity contribution >= 4 is 0 Å². The first kappa shape index (κ1) is 13.1. The predicted octanol–water partition coefficient (Wildman–Crippen LogP) is 2.51. The van der Waals surface area contributed by atoms with E-state index in [0.29, 0.717) is 5.92 Å². The van der Waals surface area contributed by atoms with Crippen molar-refractivity contribution in [1.29, 1.82) is 0 Å². The summed E-state index contributed by atoms with van der Waals surface area (Å²) in [5, 5.41) is 9.36.